The number of hydrogen-bond donors (Lipinski definition) is 1. The molecule has 0 saturated carbocycles. The lowest BCUT2D eigenvalue weighted by Gasteiger charge is -2.54. The summed E-state index contributed by atoms with van der Waals surface area (Å²) in [6.45, 7) is 18.1. The highest BCUT2D eigenvalue weighted by Crippen LogP contribution is 2.48. The summed E-state index contributed by atoms with van der Waals surface area (Å²) in [5, 5.41) is 3.93. The van der Waals surface area contributed by atoms with E-state index in [0.717, 1.165) is 26.7 Å². The number of aryl methyl sites for hydroxylation is 1. The summed E-state index contributed by atoms with van der Waals surface area (Å²) in [5.74, 6) is -0.0193. The molecule has 50 heavy (non-hydrogen) atoms. The van der Waals surface area contributed by atoms with E-state index in [1.807, 2.05) is 89.2 Å². The third-order valence-corrected chi connectivity index (χ3v) is 10.7. The van der Waals surface area contributed by atoms with E-state index in [0.29, 0.717) is 30.9 Å². The van der Waals surface area contributed by atoms with Crippen molar-refractivity contribution in [2.24, 2.45) is 16.7 Å². The molecule has 1 N–H and O–H groups in total. The number of carbonyl (C=O) groups is 2. The number of esters is 1. The van der Waals surface area contributed by atoms with Crippen molar-refractivity contribution in [2.45, 2.75) is 109 Å². The van der Waals surface area contributed by atoms with Crippen molar-refractivity contribution in [1.29, 1.82) is 0 Å². The van der Waals surface area contributed by atoms with Crippen molar-refractivity contribution in [3.05, 3.63) is 88.9 Å². The molecule has 3 atom stereocenters. The van der Waals surface area contributed by atoms with Gasteiger partial charge in [-0.15, -0.1) is 0 Å². The largest absolute Gasteiger partial charge is 0.489 e. The summed E-state index contributed by atoms with van der Waals surface area (Å²) in [5.41, 5.74) is -1.10. The second-order valence-corrected chi connectivity index (χ2v) is 16.8. The summed E-state index contributed by atoms with van der Waals surface area (Å²) in [6, 6.07) is 24.3. The van der Waals surface area contributed by atoms with Crippen LogP contribution in [0.15, 0.2) is 82.6 Å². The van der Waals surface area contributed by atoms with Gasteiger partial charge in [-0.1, -0.05) is 93.5 Å². The molecule has 7 nitrogen and oxygen atoms in total. The summed E-state index contributed by atoms with van der Waals surface area (Å²) >= 11 is 8.50. The van der Waals surface area contributed by atoms with Crippen LogP contribution in [0.25, 0.3) is 0 Å². The Hall–Kier alpha value is -2.98. The standard InChI is InChI=1S/C40H53ClNO6SSi/c1-10-45-35(43)39(9,27-47-50)28(2)40(37(3,4)5,42-36(44)48-38(6,7)8)23-15-18-30-21-22-33(25-34(30)41)49-32-20-14-19-31(24-32)46-26-29-16-12-11-13-17-29/h11-14,16-17,19-22,24-25,28H,10,15,18,23,26-27H2,1-9H3,(H,42,44). The van der Waals surface area contributed by atoms with Gasteiger partial charge >= 0.3 is 12.1 Å². The Balaban J connectivity index is 1.83. The smallest absolute Gasteiger partial charge is 0.408 e. The number of nitrogens with one attached hydrogen (secondary N) is 1. The fraction of sp³-hybridized carbons (Fsp3) is 0.500. The molecule has 0 aliphatic rings. The van der Waals surface area contributed by atoms with Gasteiger partial charge < -0.3 is 24.0 Å². The van der Waals surface area contributed by atoms with E-state index >= 15 is 0 Å². The Morgan fingerprint density at radius 3 is 2.20 bits per heavy atom. The number of carbonyl (C=O) groups excluding carboxylic acids is 2. The van der Waals surface area contributed by atoms with E-state index in [4.69, 9.17) is 30.2 Å². The van der Waals surface area contributed by atoms with Gasteiger partial charge in [0.2, 0.25) is 10.5 Å². The number of halogens is 1. The summed E-state index contributed by atoms with van der Waals surface area (Å²) in [4.78, 5) is 29.1. The average molecular weight is 739 g/mol. The topological polar surface area (TPSA) is 83.1 Å². The predicted octanol–water partition coefficient (Wildman–Crippen LogP) is 10.0. The van der Waals surface area contributed by atoms with Gasteiger partial charge in [0.15, 0.2) is 0 Å². The fourth-order valence-corrected chi connectivity index (χ4v) is 7.84. The molecular formula is C40H53ClNO6SSi. The Labute approximate surface area is 312 Å². The normalized spacial score (nSPS) is 14.9. The number of amides is 1. The Kier molecular flexibility index (Phi) is 14.9. The van der Waals surface area contributed by atoms with E-state index < -0.39 is 40.0 Å². The highest BCUT2D eigenvalue weighted by Gasteiger charge is 2.56. The van der Waals surface area contributed by atoms with Gasteiger partial charge in [0.25, 0.3) is 0 Å². The summed E-state index contributed by atoms with van der Waals surface area (Å²) in [6.07, 6.45) is 1.34. The third kappa shape index (κ3) is 11.3. The minimum atomic E-state index is -1.10. The predicted molar refractivity (Wildman–Crippen MR) is 203 cm³/mol. The van der Waals surface area contributed by atoms with Crippen LogP contribution in [-0.2, 0) is 31.7 Å². The Morgan fingerprint density at radius 1 is 0.920 bits per heavy atom. The third-order valence-electron chi connectivity index (χ3n) is 9.20. The van der Waals surface area contributed by atoms with E-state index in [9.17, 15) is 9.59 Å². The van der Waals surface area contributed by atoms with Gasteiger partial charge in [-0.25, -0.2) is 4.79 Å². The molecule has 3 aromatic rings. The molecule has 0 heterocycles. The summed E-state index contributed by atoms with van der Waals surface area (Å²) < 4.78 is 22.7. The van der Waals surface area contributed by atoms with Crippen molar-refractivity contribution in [3.63, 3.8) is 0 Å². The van der Waals surface area contributed by atoms with Crippen LogP contribution in [0, 0.1) is 16.7 Å². The minimum Gasteiger partial charge on any atom is -0.489 e. The van der Waals surface area contributed by atoms with Gasteiger partial charge in [-0.3, -0.25) is 4.79 Å². The monoisotopic (exact) mass is 738 g/mol. The second kappa shape index (κ2) is 18.0. The first-order valence-electron chi connectivity index (χ1n) is 17.1. The maximum absolute atomic E-state index is 13.5. The molecule has 3 rings (SSSR count). The van der Waals surface area contributed by atoms with Crippen LogP contribution in [0.4, 0.5) is 4.79 Å². The highest BCUT2D eigenvalue weighted by atomic mass is 35.5. The number of ether oxygens (including phenoxy) is 3. The Morgan fingerprint density at radius 2 is 1.60 bits per heavy atom. The molecule has 0 aromatic heterocycles. The number of benzene rings is 3. The first-order chi connectivity index (χ1) is 23.4. The van der Waals surface area contributed by atoms with Gasteiger partial charge in [0.05, 0.1) is 17.6 Å². The molecule has 3 aromatic carbocycles. The van der Waals surface area contributed by atoms with E-state index in [2.05, 4.69) is 54.8 Å². The number of hydrogen-bond acceptors (Lipinski definition) is 7. The lowest BCUT2D eigenvalue weighted by Crippen LogP contribution is -2.66. The zero-order valence-corrected chi connectivity index (χ0v) is 33.6. The van der Waals surface area contributed by atoms with Gasteiger partial charge in [-0.2, -0.15) is 0 Å². The maximum Gasteiger partial charge on any atom is 0.408 e. The SMILES string of the molecule is CCOC(=O)C(C)(CO[Si])C(C)C(CCCc1ccc(Sc2cccc(OCc3ccccc3)c2)cc1Cl)(NC(=O)OC(C)(C)C)C(C)(C)C. The van der Waals surface area contributed by atoms with Crippen LogP contribution in [0.2, 0.25) is 5.02 Å². The molecule has 271 valence electrons. The van der Waals surface area contributed by atoms with Crippen LogP contribution in [0.3, 0.4) is 0 Å². The van der Waals surface area contributed by atoms with Crippen LogP contribution in [0.1, 0.15) is 86.3 Å². The minimum absolute atomic E-state index is 0.0464. The van der Waals surface area contributed by atoms with E-state index in [1.165, 1.54) is 0 Å². The first-order valence-corrected chi connectivity index (χ1v) is 18.7. The van der Waals surface area contributed by atoms with E-state index in [1.54, 1.807) is 18.7 Å². The lowest BCUT2D eigenvalue weighted by atomic mass is 9.57. The van der Waals surface area contributed by atoms with Crippen LogP contribution >= 0.6 is 23.4 Å². The molecular weight excluding hydrogens is 686 g/mol. The van der Waals surface area contributed by atoms with E-state index in [-0.39, 0.29) is 13.2 Å². The molecule has 1 amide bonds. The first kappa shape index (κ1) is 41.4. The van der Waals surface area contributed by atoms with Gasteiger partial charge in [0.1, 0.15) is 18.0 Å². The fourth-order valence-electron chi connectivity index (χ4n) is 6.29. The molecule has 0 fully saturated rings. The quantitative estimate of drug-likeness (QED) is 0.116. The van der Waals surface area contributed by atoms with Crippen molar-refractivity contribution in [3.8, 4) is 5.75 Å². The molecule has 0 aliphatic heterocycles. The molecule has 0 saturated heterocycles. The van der Waals surface area contributed by atoms with Gasteiger partial charge in [0, 0.05) is 21.4 Å². The van der Waals surface area contributed by atoms with Crippen molar-refractivity contribution in [1.82, 2.24) is 5.32 Å². The molecule has 0 aliphatic carbocycles. The second-order valence-electron chi connectivity index (χ2n) is 15.0. The van der Waals surface area contributed by atoms with Crippen LogP contribution in [0.5, 0.6) is 5.75 Å². The van der Waals surface area contributed by atoms with Crippen molar-refractivity contribution in [2.75, 3.05) is 13.2 Å². The number of alkyl carbamates (subject to hydrolysis) is 1. The molecule has 0 spiro atoms. The highest BCUT2D eigenvalue weighted by molar-refractivity contribution is 7.99. The summed E-state index contributed by atoms with van der Waals surface area (Å²) in [7, 11) is 3.13. The maximum atomic E-state index is 13.5. The molecule has 3 unspecified atom stereocenters. The van der Waals surface area contributed by atoms with Gasteiger partial charge in [-0.05, 0) is 107 Å². The zero-order chi connectivity index (χ0) is 37.2. The molecule has 10 heteroatoms. The Bertz CT molecular complexity index is 1560. The lowest BCUT2D eigenvalue weighted by molar-refractivity contribution is -0.165. The zero-order valence-electron chi connectivity index (χ0n) is 31.0. The van der Waals surface area contributed by atoms with Crippen molar-refractivity contribution < 1.29 is 28.2 Å². The van der Waals surface area contributed by atoms with Crippen LogP contribution in [-0.4, -0.2) is 46.9 Å². The van der Waals surface area contributed by atoms with Crippen LogP contribution < -0.4 is 10.1 Å². The molecule has 0 bridgehead atoms. The average Bonchev–Trinajstić information content (AvgIpc) is 3.03. The molecule has 3 radical (unpaired) electrons. The number of rotatable bonds is 16. The van der Waals surface area contributed by atoms with Crippen molar-refractivity contribution >= 4 is 45.9 Å².